The number of nitrogens with one attached hydrogen (secondary N) is 2. The minimum Gasteiger partial charge on any atom is -0.377 e. The lowest BCUT2D eigenvalue weighted by atomic mass is 9.87. The monoisotopic (exact) mass is 1050 g/mol. The molecule has 0 bridgehead atoms. The summed E-state index contributed by atoms with van der Waals surface area (Å²) < 4.78 is 22.1. The van der Waals surface area contributed by atoms with Gasteiger partial charge in [0.15, 0.2) is 0 Å². The first-order valence-corrected chi connectivity index (χ1v) is 28.2. The van der Waals surface area contributed by atoms with E-state index in [9.17, 15) is 14.4 Å². The summed E-state index contributed by atoms with van der Waals surface area (Å²) in [6.45, 7) is 63.0. The highest BCUT2D eigenvalue weighted by Crippen LogP contribution is 2.24. The van der Waals surface area contributed by atoms with Crippen LogP contribution in [0.2, 0.25) is 0 Å². The van der Waals surface area contributed by atoms with E-state index in [0.717, 1.165) is 84.3 Å². The van der Waals surface area contributed by atoms with Gasteiger partial charge in [-0.3, -0.25) is 14.4 Å². The first-order chi connectivity index (χ1) is 33.2. The van der Waals surface area contributed by atoms with Crippen molar-refractivity contribution in [3.8, 4) is 0 Å². The van der Waals surface area contributed by atoms with Crippen LogP contribution in [0.5, 0.6) is 0 Å². The van der Waals surface area contributed by atoms with Gasteiger partial charge in [0.2, 0.25) is 11.8 Å². The lowest BCUT2D eigenvalue weighted by Crippen LogP contribution is -2.40. The summed E-state index contributed by atoms with van der Waals surface area (Å²) in [6.07, 6.45) is 24.3. The molecular formula is C65H126N2O7. The van der Waals surface area contributed by atoms with E-state index in [1.54, 1.807) is 0 Å². The molecule has 9 nitrogen and oxygen atoms in total. The quantitative estimate of drug-likeness (QED) is 0.0622. The number of carbonyl (C=O) groups is 3. The second-order valence-electron chi connectivity index (χ2n) is 30.7. The van der Waals surface area contributed by atoms with Gasteiger partial charge in [0, 0.05) is 37.8 Å². The molecule has 9 heteroatoms. The number of rotatable bonds is 27. The summed E-state index contributed by atoms with van der Waals surface area (Å²) in [5.74, 6) is 0.655. The highest BCUT2D eigenvalue weighted by Gasteiger charge is 2.27. The van der Waals surface area contributed by atoms with Crippen LogP contribution in [0, 0.1) is 48.7 Å². The number of allylic oxidation sites excluding steroid dienone is 4. The molecule has 0 radical (unpaired) electrons. The Labute approximate surface area is 460 Å². The fourth-order valence-electron chi connectivity index (χ4n) is 5.46. The molecule has 2 amide bonds. The molecule has 0 saturated carbocycles. The van der Waals surface area contributed by atoms with Gasteiger partial charge < -0.3 is 29.6 Å². The van der Waals surface area contributed by atoms with Crippen molar-refractivity contribution in [3.05, 3.63) is 48.6 Å². The molecular weight excluding hydrogens is 921 g/mol. The van der Waals surface area contributed by atoms with E-state index in [4.69, 9.17) is 18.9 Å². The van der Waals surface area contributed by atoms with E-state index in [-0.39, 0.29) is 55.1 Å². The maximum atomic E-state index is 12.2. The van der Waals surface area contributed by atoms with Crippen LogP contribution < -0.4 is 10.6 Å². The molecule has 74 heavy (non-hydrogen) atoms. The Balaban J connectivity index is -0.000000443. The van der Waals surface area contributed by atoms with Crippen molar-refractivity contribution in [2.45, 2.75) is 238 Å². The largest absolute Gasteiger partial charge is 0.377 e. The van der Waals surface area contributed by atoms with Gasteiger partial charge in [-0.1, -0.05) is 229 Å². The summed E-state index contributed by atoms with van der Waals surface area (Å²) in [5.41, 5.74) is 1.43. The van der Waals surface area contributed by atoms with E-state index >= 15 is 0 Å². The van der Waals surface area contributed by atoms with Crippen molar-refractivity contribution in [1.82, 2.24) is 10.6 Å². The molecule has 0 aliphatic carbocycles. The zero-order chi connectivity index (χ0) is 58.6. The zero-order valence-corrected chi connectivity index (χ0v) is 53.9. The standard InChI is InChI=1S/C18H35NO2.C17H32O.C16H31NO2.C14H28O2/c1-16(2,3)13-19-15(20)18(7,8)11-9-10-12-21-14-17(4,5)6;1-16(2,3)13-10-8-7-9-11-15(18)12-14-17(4,5)6;1-15(2,3)12-17-14(18)10-8-7-9-11-19-13-16(4,5)6;1-13(2,3)11-15-9-7-8-10-16-12-14(4,5)6/h9-10H,11-14H2,1-8H3,(H,19,20);8,10H,7,9,11-14H2,1-6H3;7,9H,8,10-13H2,1-6H3,(H,17,18);7-8H,9-12H2,1-6H3. The van der Waals surface area contributed by atoms with Crippen molar-refractivity contribution in [1.29, 1.82) is 0 Å². The lowest BCUT2D eigenvalue weighted by molar-refractivity contribution is -0.129. The first-order valence-electron chi connectivity index (χ1n) is 28.2. The van der Waals surface area contributed by atoms with Gasteiger partial charge in [0.1, 0.15) is 5.78 Å². The molecule has 0 aliphatic heterocycles. The molecule has 0 rings (SSSR count). The van der Waals surface area contributed by atoms with Crippen LogP contribution in [0.3, 0.4) is 0 Å². The molecule has 0 saturated heterocycles. The average molecular weight is 1050 g/mol. The fourth-order valence-corrected chi connectivity index (χ4v) is 5.46. The molecule has 0 unspecified atom stereocenters. The van der Waals surface area contributed by atoms with Crippen LogP contribution in [0.15, 0.2) is 48.6 Å². The molecule has 0 aliphatic rings. The number of hydrogen-bond acceptors (Lipinski definition) is 7. The van der Waals surface area contributed by atoms with E-state index in [1.165, 1.54) is 0 Å². The maximum Gasteiger partial charge on any atom is 0.225 e. The molecule has 0 aromatic carbocycles. The van der Waals surface area contributed by atoms with Crippen LogP contribution in [-0.4, -0.2) is 83.5 Å². The smallest absolute Gasteiger partial charge is 0.225 e. The molecule has 0 heterocycles. The van der Waals surface area contributed by atoms with Crippen LogP contribution in [0.4, 0.5) is 0 Å². The van der Waals surface area contributed by atoms with E-state index < -0.39 is 0 Å². The third-order valence-corrected chi connectivity index (χ3v) is 9.75. The zero-order valence-electron chi connectivity index (χ0n) is 53.9. The Morgan fingerprint density at radius 1 is 0.351 bits per heavy atom. The Hall–Kier alpha value is -2.59. The summed E-state index contributed by atoms with van der Waals surface area (Å²) in [4.78, 5) is 35.4. The number of ketones is 1. The van der Waals surface area contributed by atoms with Gasteiger partial charge in [0.05, 0.1) is 52.9 Å². The van der Waals surface area contributed by atoms with Crippen LogP contribution >= 0.6 is 0 Å². The first kappa shape index (κ1) is 77.9. The molecule has 2 N–H and O–H groups in total. The van der Waals surface area contributed by atoms with Crippen molar-refractivity contribution in [3.63, 3.8) is 0 Å². The van der Waals surface area contributed by atoms with Crippen LogP contribution in [-0.2, 0) is 33.3 Å². The maximum absolute atomic E-state index is 12.2. The lowest BCUT2D eigenvalue weighted by Gasteiger charge is -2.25. The number of ether oxygens (including phenoxy) is 4. The minimum absolute atomic E-state index is 0.109. The highest BCUT2D eigenvalue weighted by atomic mass is 16.5. The second-order valence-corrected chi connectivity index (χ2v) is 30.7. The number of Topliss-reactive ketones (excluding diaryl/α,β-unsaturated/α-hetero) is 1. The predicted octanol–water partition coefficient (Wildman–Crippen LogP) is 16.9. The molecule has 0 spiro atoms. The predicted molar refractivity (Wildman–Crippen MR) is 322 cm³/mol. The van der Waals surface area contributed by atoms with E-state index in [0.29, 0.717) is 50.6 Å². The van der Waals surface area contributed by atoms with Gasteiger partial charge in [-0.05, 0) is 81.8 Å². The summed E-state index contributed by atoms with van der Waals surface area (Å²) in [7, 11) is 0. The van der Waals surface area contributed by atoms with Crippen LogP contribution in [0.25, 0.3) is 0 Å². The van der Waals surface area contributed by atoms with Gasteiger partial charge in [-0.2, -0.15) is 0 Å². The third kappa shape index (κ3) is 73.7. The number of unbranched alkanes of at least 4 members (excludes halogenated alkanes) is 1. The topological polar surface area (TPSA) is 112 Å². The number of amides is 2. The number of carbonyl (C=O) groups excluding carboxylic acids is 3. The van der Waals surface area contributed by atoms with Crippen molar-refractivity contribution in [2.75, 3.05) is 65.9 Å². The Kier molecular flexibility index (Phi) is 40.9. The third-order valence-electron chi connectivity index (χ3n) is 9.75. The van der Waals surface area contributed by atoms with Crippen molar-refractivity contribution in [2.24, 2.45) is 48.7 Å². The average Bonchev–Trinajstić information content (AvgIpc) is 3.19. The summed E-state index contributed by atoms with van der Waals surface area (Å²) in [6, 6.07) is 0. The van der Waals surface area contributed by atoms with Gasteiger partial charge in [-0.25, -0.2) is 0 Å². The Bertz CT molecular complexity index is 1520. The van der Waals surface area contributed by atoms with E-state index in [1.807, 2.05) is 50.3 Å². The molecule has 0 aromatic rings. The van der Waals surface area contributed by atoms with Gasteiger partial charge in [-0.15, -0.1) is 0 Å². The highest BCUT2D eigenvalue weighted by molar-refractivity contribution is 5.82. The van der Waals surface area contributed by atoms with Crippen molar-refractivity contribution < 1.29 is 33.3 Å². The van der Waals surface area contributed by atoms with Crippen LogP contribution in [0.1, 0.15) is 238 Å². The second kappa shape index (κ2) is 38.9. The summed E-state index contributed by atoms with van der Waals surface area (Å²) >= 11 is 0. The molecule has 0 fully saturated rings. The van der Waals surface area contributed by atoms with E-state index in [2.05, 4.69) is 189 Å². The normalized spacial score (nSPS) is 13.4. The molecule has 0 atom stereocenters. The van der Waals surface area contributed by atoms with Gasteiger partial charge in [0.25, 0.3) is 0 Å². The minimum atomic E-state index is -0.383. The summed E-state index contributed by atoms with van der Waals surface area (Å²) in [5, 5.41) is 5.97. The molecule has 0 aromatic heterocycles. The molecule has 438 valence electrons. The fraction of sp³-hybridized carbons (Fsp3) is 0.831. The SMILES string of the molecule is CC(C)(C)CC=CCCCC(=O)CCC(C)(C)C.CC(C)(C)CNC(=O)C(C)(C)CC=CCOCC(C)(C)C.CC(C)(C)CNC(=O)CCC=CCOCC(C)(C)C.CC(C)(C)COCC=CCOCC(C)(C)C. The van der Waals surface area contributed by atoms with Crippen molar-refractivity contribution >= 4 is 17.6 Å². The number of hydrogen-bond donors (Lipinski definition) is 2. The Morgan fingerprint density at radius 2 is 0.703 bits per heavy atom. The van der Waals surface area contributed by atoms with Gasteiger partial charge >= 0.3 is 0 Å². The Morgan fingerprint density at radius 3 is 1.07 bits per heavy atom.